The zero-order chi connectivity index (χ0) is 24.8. The summed E-state index contributed by atoms with van der Waals surface area (Å²) < 4.78 is 31.2. The lowest BCUT2D eigenvalue weighted by molar-refractivity contribution is -0.119. The molecule has 1 aromatic heterocycles. The van der Waals surface area contributed by atoms with Gasteiger partial charge in [-0.05, 0) is 29.8 Å². The SMILES string of the molecule is COc1cc2nccc(Oc3ccc(NC(=O)NC(=O)Cc4ccccc4)cc3F)c2cc1OC. The maximum Gasteiger partial charge on any atom is 0.325 e. The highest BCUT2D eigenvalue weighted by Gasteiger charge is 2.14. The van der Waals surface area contributed by atoms with Crippen LogP contribution in [0, 0.1) is 5.82 Å². The number of pyridine rings is 1. The number of urea groups is 1. The number of anilines is 1. The summed E-state index contributed by atoms with van der Waals surface area (Å²) in [7, 11) is 3.03. The molecule has 178 valence electrons. The van der Waals surface area contributed by atoms with Crippen molar-refractivity contribution >= 4 is 28.5 Å². The van der Waals surface area contributed by atoms with Crippen molar-refractivity contribution in [3.05, 3.63) is 84.3 Å². The summed E-state index contributed by atoms with van der Waals surface area (Å²) in [5.41, 5.74) is 1.51. The lowest BCUT2D eigenvalue weighted by Gasteiger charge is -2.13. The van der Waals surface area contributed by atoms with Gasteiger partial charge in [-0.2, -0.15) is 0 Å². The molecule has 0 atom stereocenters. The standard InChI is InChI=1S/C26H22FN3O5/c1-33-23-14-18-20(15-24(23)34-2)28-11-10-21(18)35-22-9-8-17(13-19(22)27)29-26(32)30-25(31)12-16-6-4-3-5-7-16/h3-11,13-15H,12H2,1-2H3,(H2,29,30,31,32). The van der Waals surface area contributed by atoms with Crippen molar-refractivity contribution < 1.29 is 28.2 Å². The quantitative estimate of drug-likeness (QED) is 0.387. The molecule has 9 heteroatoms. The first-order valence-electron chi connectivity index (χ1n) is 10.6. The largest absolute Gasteiger partial charge is 0.493 e. The molecule has 0 radical (unpaired) electrons. The minimum absolute atomic E-state index is 0.0476. The minimum atomic E-state index is -0.764. The Labute approximate surface area is 200 Å². The molecule has 0 bridgehead atoms. The number of fused-ring (bicyclic) bond motifs is 1. The van der Waals surface area contributed by atoms with Gasteiger partial charge in [0.2, 0.25) is 5.91 Å². The zero-order valence-electron chi connectivity index (χ0n) is 19.0. The number of rotatable bonds is 7. The Bertz CT molecular complexity index is 1380. The Morgan fingerprint density at radius 2 is 1.63 bits per heavy atom. The Balaban J connectivity index is 1.45. The summed E-state index contributed by atoms with van der Waals surface area (Å²) in [6, 6.07) is 17.2. The van der Waals surface area contributed by atoms with Crippen molar-refractivity contribution in [2.75, 3.05) is 19.5 Å². The summed E-state index contributed by atoms with van der Waals surface area (Å²) in [6.45, 7) is 0. The Kier molecular flexibility index (Phi) is 7.06. The number of aromatic nitrogens is 1. The van der Waals surface area contributed by atoms with E-state index >= 15 is 0 Å². The smallest absolute Gasteiger partial charge is 0.325 e. The zero-order valence-corrected chi connectivity index (χ0v) is 19.0. The first-order valence-corrected chi connectivity index (χ1v) is 10.6. The van der Waals surface area contributed by atoms with Crippen LogP contribution in [0.15, 0.2) is 72.9 Å². The second-order valence-electron chi connectivity index (χ2n) is 7.45. The minimum Gasteiger partial charge on any atom is -0.493 e. The monoisotopic (exact) mass is 475 g/mol. The van der Waals surface area contributed by atoms with E-state index in [1.165, 1.54) is 32.5 Å². The summed E-state index contributed by atoms with van der Waals surface area (Å²) in [5, 5.41) is 5.26. The molecule has 0 unspecified atom stereocenters. The number of carbonyl (C=O) groups is 2. The molecule has 0 aliphatic carbocycles. The van der Waals surface area contributed by atoms with E-state index in [2.05, 4.69) is 15.6 Å². The molecule has 1 heterocycles. The van der Waals surface area contributed by atoms with Crippen LogP contribution in [0.25, 0.3) is 10.9 Å². The van der Waals surface area contributed by atoms with Crippen LogP contribution in [0.5, 0.6) is 23.0 Å². The molecule has 0 aliphatic rings. The fraction of sp³-hybridized carbons (Fsp3) is 0.115. The van der Waals surface area contributed by atoms with E-state index in [1.807, 2.05) is 6.07 Å². The van der Waals surface area contributed by atoms with Gasteiger partial charge in [0, 0.05) is 29.4 Å². The van der Waals surface area contributed by atoms with Crippen molar-refractivity contribution in [1.82, 2.24) is 10.3 Å². The molecule has 4 rings (SSSR count). The summed E-state index contributed by atoms with van der Waals surface area (Å²) in [5.74, 6) is 0.102. The Morgan fingerprint density at radius 1 is 0.886 bits per heavy atom. The van der Waals surface area contributed by atoms with Gasteiger partial charge < -0.3 is 19.5 Å². The average Bonchev–Trinajstić information content (AvgIpc) is 2.85. The van der Waals surface area contributed by atoms with Crippen molar-refractivity contribution in [2.45, 2.75) is 6.42 Å². The number of hydrogen-bond donors (Lipinski definition) is 2. The van der Waals surface area contributed by atoms with Crippen LogP contribution in [0.2, 0.25) is 0 Å². The number of nitrogens with one attached hydrogen (secondary N) is 2. The van der Waals surface area contributed by atoms with Crippen LogP contribution in [0.3, 0.4) is 0 Å². The molecule has 4 aromatic rings. The maximum absolute atomic E-state index is 14.8. The van der Waals surface area contributed by atoms with Crippen LogP contribution in [-0.4, -0.2) is 31.1 Å². The topological polar surface area (TPSA) is 98.8 Å². The Morgan fingerprint density at radius 3 is 2.34 bits per heavy atom. The van der Waals surface area contributed by atoms with Crippen LogP contribution in [0.4, 0.5) is 14.9 Å². The average molecular weight is 475 g/mol. The molecule has 0 aliphatic heterocycles. The fourth-order valence-corrected chi connectivity index (χ4v) is 3.43. The van der Waals surface area contributed by atoms with Gasteiger partial charge in [0.05, 0.1) is 26.2 Å². The van der Waals surface area contributed by atoms with E-state index in [0.717, 1.165) is 11.6 Å². The number of methoxy groups -OCH3 is 2. The third-order valence-electron chi connectivity index (χ3n) is 5.08. The van der Waals surface area contributed by atoms with Gasteiger partial charge in [0.15, 0.2) is 23.1 Å². The number of ether oxygens (including phenoxy) is 3. The van der Waals surface area contributed by atoms with E-state index in [-0.39, 0.29) is 17.9 Å². The van der Waals surface area contributed by atoms with E-state index in [1.54, 1.807) is 42.5 Å². The van der Waals surface area contributed by atoms with Gasteiger partial charge in [-0.3, -0.25) is 15.1 Å². The fourth-order valence-electron chi connectivity index (χ4n) is 3.43. The van der Waals surface area contributed by atoms with Crippen LogP contribution >= 0.6 is 0 Å². The summed E-state index contributed by atoms with van der Waals surface area (Å²) in [4.78, 5) is 28.5. The highest BCUT2D eigenvalue weighted by molar-refractivity contribution is 6.01. The van der Waals surface area contributed by atoms with Crippen LogP contribution < -0.4 is 24.8 Å². The van der Waals surface area contributed by atoms with Crippen molar-refractivity contribution in [1.29, 1.82) is 0 Å². The summed E-state index contributed by atoms with van der Waals surface area (Å²) >= 11 is 0. The van der Waals surface area contributed by atoms with Crippen molar-refractivity contribution in [3.8, 4) is 23.0 Å². The highest BCUT2D eigenvalue weighted by Crippen LogP contribution is 2.37. The number of nitrogens with zero attached hydrogens (tertiary/aromatic N) is 1. The molecular formula is C26H22FN3O5. The number of carbonyl (C=O) groups excluding carboxylic acids is 2. The van der Waals surface area contributed by atoms with E-state index < -0.39 is 17.8 Å². The second-order valence-corrected chi connectivity index (χ2v) is 7.45. The van der Waals surface area contributed by atoms with Gasteiger partial charge in [-0.1, -0.05) is 30.3 Å². The van der Waals surface area contributed by atoms with Gasteiger partial charge in [0.25, 0.3) is 0 Å². The van der Waals surface area contributed by atoms with E-state index in [4.69, 9.17) is 14.2 Å². The Hall–Kier alpha value is -4.66. The second kappa shape index (κ2) is 10.5. The maximum atomic E-state index is 14.8. The molecule has 35 heavy (non-hydrogen) atoms. The van der Waals surface area contributed by atoms with Crippen molar-refractivity contribution in [2.24, 2.45) is 0 Å². The summed E-state index contributed by atoms with van der Waals surface area (Å²) in [6.07, 6.45) is 1.58. The molecule has 0 spiro atoms. The molecule has 3 aromatic carbocycles. The van der Waals surface area contributed by atoms with Gasteiger partial charge in [0.1, 0.15) is 5.75 Å². The third kappa shape index (κ3) is 5.64. The van der Waals surface area contributed by atoms with Gasteiger partial charge in [-0.15, -0.1) is 0 Å². The van der Waals surface area contributed by atoms with Crippen LogP contribution in [-0.2, 0) is 11.2 Å². The van der Waals surface area contributed by atoms with E-state index in [9.17, 15) is 14.0 Å². The third-order valence-corrected chi connectivity index (χ3v) is 5.08. The number of halogens is 1. The molecule has 0 fully saturated rings. The molecule has 3 amide bonds. The van der Waals surface area contributed by atoms with Crippen molar-refractivity contribution in [3.63, 3.8) is 0 Å². The molecular weight excluding hydrogens is 453 g/mol. The van der Waals surface area contributed by atoms with E-state index in [0.29, 0.717) is 28.2 Å². The normalized spacial score (nSPS) is 10.5. The molecule has 0 saturated carbocycles. The molecule has 2 N–H and O–H groups in total. The predicted molar refractivity (Wildman–Crippen MR) is 129 cm³/mol. The number of imide groups is 1. The predicted octanol–water partition coefficient (Wildman–Crippen LogP) is 5.07. The lowest BCUT2D eigenvalue weighted by Crippen LogP contribution is -2.35. The lowest BCUT2D eigenvalue weighted by atomic mass is 10.1. The van der Waals surface area contributed by atoms with Gasteiger partial charge in [-0.25, -0.2) is 9.18 Å². The number of amides is 3. The first-order chi connectivity index (χ1) is 17.0. The first kappa shape index (κ1) is 23.5. The molecule has 0 saturated heterocycles. The number of benzene rings is 3. The van der Waals surface area contributed by atoms with Crippen LogP contribution in [0.1, 0.15) is 5.56 Å². The molecule has 8 nitrogen and oxygen atoms in total. The van der Waals surface area contributed by atoms with Gasteiger partial charge >= 0.3 is 6.03 Å². The number of hydrogen-bond acceptors (Lipinski definition) is 6. The highest BCUT2D eigenvalue weighted by atomic mass is 19.1.